The number of carbonyl (C=O) groups excluding carboxylic acids is 1. The number of rotatable bonds is 3. The molecule has 0 saturated heterocycles. The second-order valence-electron chi connectivity index (χ2n) is 5.20. The fourth-order valence-electron chi connectivity index (χ4n) is 2.98. The first-order chi connectivity index (χ1) is 8.78. The van der Waals surface area contributed by atoms with Gasteiger partial charge >= 0.3 is 5.97 Å². The summed E-state index contributed by atoms with van der Waals surface area (Å²) < 4.78 is 7.40. The Morgan fingerprint density at radius 1 is 1.33 bits per heavy atom. The van der Waals surface area contributed by atoms with Crippen LogP contribution in [0, 0.1) is 0 Å². The molecule has 98 valence electrons. The van der Waals surface area contributed by atoms with Gasteiger partial charge in [0.25, 0.3) is 0 Å². The van der Waals surface area contributed by atoms with E-state index in [2.05, 4.69) is 14.8 Å². The Balaban J connectivity index is 1.96. The minimum Gasteiger partial charge on any atom is -0.465 e. The Labute approximate surface area is 107 Å². The predicted molar refractivity (Wildman–Crippen MR) is 65.1 cm³/mol. The van der Waals surface area contributed by atoms with E-state index in [1.807, 2.05) is 6.92 Å². The van der Waals surface area contributed by atoms with Crippen molar-refractivity contribution in [1.29, 1.82) is 0 Å². The molecule has 1 aliphatic carbocycles. The molecule has 1 fully saturated rings. The van der Waals surface area contributed by atoms with E-state index >= 15 is 0 Å². The molecular formula is C13H19N3O2. The maximum Gasteiger partial charge on any atom is 0.319 e. The van der Waals surface area contributed by atoms with Crippen molar-refractivity contribution in [2.75, 3.05) is 6.61 Å². The molecule has 1 saturated carbocycles. The third-order valence-electron chi connectivity index (χ3n) is 4.16. The molecule has 0 atom stereocenters. The Morgan fingerprint density at radius 3 is 2.83 bits per heavy atom. The minimum absolute atomic E-state index is 0.114. The summed E-state index contributed by atoms with van der Waals surface area (Å²) in [6.45, 7) is 3.23. The van der Waals surface area contributed by atoms with Crippen molar-refractivity contribution in [1.82, 2.24) is 14.8 Å². The molecule has 0 amide bonds. The van der Waals surface area contributed by atoms with Crippen LogP contribution in [-0.2, 0) is 27.9 Å². The van der Waals surface area contributed by atoms with Crippen LogP contribution in [0.2, 0.25) is 0 Å². The molecular weight excluding hydrogens is 230 g/mol. The largest absolute Gasteiger partial charge is 0.465 e. The number of aromatic nitrogens is 3. The van der Waals surface area contributed by atoms with Crippen molar-refractivity contribution in [2.24, 2.45) is 0 Å². The molecule has 2 aliphatic rings. The zero-order chi connectivity index (χ0) is 12.6. The van der Waals surface area contributed by atoms with Gasteiger partial charge in [0.1, 0.15) is 11.2 Å². The van der Waals surface area contributed by atoms with E-state index < -0.39 is 5.41 Å². The molecule has 5 heteroatoms. The zero-order valence-corrected chi connectivity index (χ0v) is 10.8. The molecule has 1 aromatic rings. The Kier molecular flexibility index (Phi) is 2.84. The summed E-state index contributed by atoms with van der Waals surface area (Å²) in [6, 6.07) is 0. The molecule has 0 radical (unpaired) electrons. The highest BCUT2D eigenvalue weighted by atomic mass is 16.5. The first-order valence-corrected chi connectivity index (χ1v) is 6.88. The standard InChI is InChI=1S/C13H19N3O2/c1-2-18-12(17)13(7-5-8-13)11-15-14-10-6-3-4-9-16(10)11/h2-9H2,1H3. The summed E-state index contributed by atoms with van der Waals surface area (Å²) in [4.78, 5) is 12.2. The number of fused-ring (bicyclic) bond motifs is 1. The molecule has 2 heterocycles. The van der Waals surface area contributed by atoms with E-state index in [-0.39, 0.29) is 5.97 Å². The van der Waals surface area contributed by atoms with Crippen LogP contribution < -0.4 is 0 Å². The van der Waals surface area contributed by atoms with E-state index in [0.717, 1.165) is 50.3 Å². The van der Waals surface area contributed by atoms with Gasteiger partial charge in [0, 0.05) is 13.0 Å². The lowest BCUT2D eigenvalue weighted by Gasteiger charge is -2.38. The normalized spacial score (nSPS) is 20.9. The molecule has 1 aliphatic heterocycles. The minimum atomic E-state index is -0.501. The first-order valence-electron chi connectivity index (χ1n) is 6.88. The highest BCUT2D eigenvalue weighted by Gasteiger charge is 2.51. The van der Waals surface area contributed by atoms with Crippen molar-refractivity contribution >= 4 is 5.97 Å². The summed E-state index contributed by atoms with van der Waals surface area (Å²) in [5.74, 6) is 1.77. The number of hydrogen-bond donors (Lipinski definition) is 0. The lowest BCUT2D eigenvalue weighted by Crippen LogP contribution is -2.46. The molecule has 0 N–H and O–H groups in total. The van der Waals surface area contributed by atoms with Gasteiger partial charge in [-0.3, -0.25) is 4.79 Å². The van der Waals surface area contributed by atoms with Gasteiger partial charge in [0.05, 0.1) is 6.61 Å². The molecule has 0 unspecified atom stereocenters. The summed E-state index contributed by atoms with van der Waals surface area (Å²) in [7, 11) is 0. The lowest BCUT2D eigenvalue weighted by atomic mass is 9.68. The highest BCUT2D eigenvalue weighted by molar-refractivity contribution is 5.83. The summed E-state index contributed by atoms with van der Waals surface area (Å²) in [6.07, 6.45) is 6.07. The van der Waals surface area contributed by atoms with Crippen LogP contribution in [0.3, 0.4) is 0 Å². The van der Waals surface area contributed by atoms with Crippen LogP contribution in [0.1, 0.15) is 50.7 Å². The number of ether oxygens (including phenoxy) is 1. The molecule has 1 aromatic heterocycles. The van der Waals surface area contributed by atoms with Crippen molar-refractivity contribution in [3.05, 3.63) is 11.6 Å². The average Bonchev–Trinajstić information content (AvgIpc) is 2.73. The molecule has 0 aromatic carbocycles. The summed E-state index contributed by atoms with van der Waals surface area (Å²) >= 11 is 0. The predicted octanol–water partition coefficient (Wildman–Crippen LogP) is 1.60. The van der Waals surface area contributed by atoms with Gasteiger partial charge in [0.15, 0.2) is 5.82 Å². The van der Waals surface area contributed by atoms with Crippen LogP contribution in [0.15, 0.2) is 0 Å². The third kappa shape index (κ3) is 1.56. The number of hydrogen-bond acceptors (Lipinski definition) is 4. The second-order valence-corrected chi connectivity index (χ2v) is 5.20. The smallest absolute Gasteiger partial charge is 0.319 e. The number of esters is 1. The molecule has 3 rings (SSSR count). The maximum atomic E-state index is 12.2. The Hall–Kier alpha value is -1.39. The fraction of sp³-hybridized carbons (Fsp3) is 0.769. The average molecular weight is 249 g/mol. The van der Waals surface area contributed by atoms with Crippen molar-refractivity contribution in [3.8, 4) is 0 Å². The van der Waals surface area contributed by atoms with Crippen LogP contribution in [-0.4, -0.2) is 27.3 Å². The molecule has 18 heavy (non-hydrogen) atoms. The van der Waals surface area contributed by atoms with Gasteiger partial charge in [0.2, 0.25) is 0 Å². The third-order valence-corrected chi connectivity index (χ3v) is 4.16. The molecule has 5 nitrogen and oxygen atoms in total. The first kappa shape index (κ1) is 11.7. The van der Waals surface area contributed by atoms with Crippen LogP contribution in [0.5, 0.6) is 0 Å². The van der Waals surface area contributed by atoms with Gasteiger partial charge in [-0.2, -0.15) is 0 Å². The van der Waals surface area contributed by atoms with E-state index in [1.165, 1.54) is 6.42 Å². The van der Waals surface area contributed by atoms with Gasteiger partial charge in [-0.1, -0.05) is 6.42 Å². The van der Waals surface area contributed by atoms with E-state index in [0.29, 0.717) is 6.61 Å². The SMILES string of the molecule is CCOC(=O)C1(c2nnc3n2CCCC3)CCC1. The summed E-state index contributed by atoms with van der Waals surface area (Å²) in [5.41, 5.74) is -0.501. The second kappa shape index (κ2) is 4.37. The van der Waals surface area contributed by atoms with Crippen LogP contribution >= 0.6 is 0 Å². The fourth-order valence-corrected chi connectivity index (χ4v) is 2.98. The highest BCUT2D eigenvalue weighted by Crippen LogP contribution is 2.44. The molecule has 0 spiro atoms. The Morgan fingerprint density at radius 2 is 2.17 bits per heavy atom. The quantitative estimate of drug-likeness (QED) is 0.763. The van der Waals surface area contributed by atoms with Crippen molar-refractivity contribution in [2.45, 2.75) is 57.4 Å². The van der Waals surface area contributed by atoms with Crippen LogP contribution in [0.4, 0.5) is 0 Å². The molecule has 0 bridgehead atoms. The van der Waals surface area contributed by atoms with Crippen LogP contribution in [0.25, 0.3) is 0 Å². The lowest BCUT2D eigenvalue weighted by molar-refractivity contribution is -0.154. The number of aryl methyl sites for hydroxylation is 1. The van der Waals surface area contributed by atoms with Crippen molar-refractivity contribution in [3.63, 3.8) is 0 Å². The maximum absolute atomic E-state index is 12.2. The zero-order valence-electron chi connectivity index (χ0n) is 10.8. The van der Waals surface area contributed by atoms with Gasteiger partial charge in [-0.15, -0.1) is 10.2 Å². The van der Waals surface area contributed by atoms with E-state index in [1.54, 1.807) is 0 Å². The van der Waals surface area contributed by atoms with Gasteiger partial charge in [-0.05, 0) is 32.6 Å². The topological polar surface area (TPSA) is 57.0 Å². The van der Waals surface area contributed by atoms with Gasteiger partial charge < -0.3 is 9.30 Å². The number of carbonyl (C=O) groups is 1. The van der Waals surface area contributed by atoms with Gasteiger partial charge in [-0.25, -0.2) is 0 Å². The number of nitrogens with zero attached hydrogens (tertiary/aromatic N) is 3. The summed E-state index contributed by atoms with van der Waals surface area (Å²) in [5, 5.41) is 8.56. The van der Waals surface area contributed by atoms with E-state index in [4.69, 9.17) is 4.74 Å². The van der Waals surface area contributed by atoms with E-state index in [9.17, 15) is 4.79 Å². The Bertz CT molecular complexity index is 463. The monoisotopic (exact) mass is 249 g/mol. The van der Waals surface area contributed by atoms with Crippen molar-refractivity contribution < 1.29 is 9.53 Å².